The summed E-state index contributed by atoms with van der Waals surface area (Å²) in [5.74, 6) is 0. The molecule has 1 fully saturated rings. The topological polar surface area (TPSA) is 79.2 Å². The second-order valence-electron chi connectivity index (χ2n) is 8.03. The molecule has 0 amide bonds. The highest BCUT2D eigenvalue weighted by atomic mass is 16.6. The van der Waals surface area contributed by atoms with E-state index in [0.717, 1.165) is 19.3 Å². The first-order valence-corrected chi connectivity index (χ1v) is 11.6. The molecular weight excluding hydrogens is 356 g/mol. The summed E-state index contributed by atoms with van der Waals surface area (Å²) in [4.78, 5) is 0. The fourth-order valence-corrected chi connectivity index (χ4v) is 3.65. The number of allylic oxidation sites excluding steroid dienone is 2. The van der Waals surface area contributed by atoms with E-state index in [1.54, 1.807) is 0 Å². The van der Waals surface area contributed by atoms with Gasteiger partial charge in [0.15, 0.2) is 0 Å². The lowest BCUT2D eigenvalue weighted by Crippen LogP contribution is -2.42. The quantitative estimate of drug-likeness (QED) is 0.238. The second kappa shape index (κ2) is 17.4. The Balaban J connectivity index is 1.90. The van der Waals surface area contributed by atoms with E-state index < -0.39 is 24.4 Å². The first-order valence-electron chi connectivity index (χ1n) is 11.6. The lowest BCUT2D eigenvalue weighted by atomic mass is 10.1. The molecule has 0 aromatic rings. The van der Waals surface area contributed by atoms with Crippen LogP contribution in [0.5, 0.6) is 0 Å². The summed E-state index contributed by atoms with van der Waals surface area (Å²) < 4.78 is 11.0. The van der Waals surface area contributed by atoms with E-state index >= 15 is 0 Å². The number of aliphatic hydroxyl groups is 3. The highest BCUT2D eigenvalue weighted by molar-refractivity contribution is 4.89. The van der Waals surface area contributed by atoms with Gasteiger partial charge in [-0.25, -0.2) is 0 Å². The lowest BCUT2D eigenvalue weighted by molar-refractivity contribution is -0.0937. The monoisotopic (exact) mass is 400 g/mol. The van der Waals surface area contributed by atoms with E-state index in [-0.39, 0.29) is 13.2 Å². The minimum Gasteiger partial charge on any atom is -0.394 e. The molecule has 0 unspecified atom stereocenters. The predicted molar refractivity (Wildman–Crippen MR) is 113 cm³/mol. The summed E-state index contributed by atoms with van der Waals surface area (Å²) in [5, 5.41) is 28.6. The normalized spacial score (nSPS) is 23.6. The molecule has 3 N–H and O–H groups in total. The van der Waals surface area contributed by atoms with E-state index in [4.69, 9.17) is 14.6 Å². The van der Waals surface area contributed by atoms with Gasteiger partial charge in [-0.15, -0.1) is 0 Å². The van der Waals surface area contributed by atoms with Gasteiger partial charge in [0.2, 0.25) is 0 Å². The number of hydrogen-bond acceptors (Lipinski definition) is 5. The van der Waals surface area contributed by atoms with Crippen molar-refractivity contribution >= 4 is 0 Å². The van der Waals surface area contributed by atoms with E-state index in [0.29, 0.717) is 6.61 Å². The van der Waals surface area contributed by atoms with Crippen LogP contribution in [0.4, 0.5) is 0 Å². The van der Waals surface area contributed by atoms with E-state index in [2.05, 4.69) is 19.1 Å². The Hall–Kier alpha value is -0.460. The molecule has 0 bridgehead atoms. The van der Waals surface area contributed by atoms with Gasteiger partial charge in [-0.3, -0.25) is 0 Å². The van der Waals surface area contributed by atoms with E-state index in [9.17, 15) is 10.2 Å². The molecule has 1 aliphatic heterocycles. The molecule has 0 saturated carbocycles. The van der Waals surface area contributed by atoms with Gasteiger partial charge in [-0.05, 0) is 32.1 Å². The Morgan fingerprint density at radius 2 is 1.50 bits per heavy atom. The van der Waals surface area contributed by atoms with Gasteiger partial charge in [-0.1, -0.05) is 70.4 Å². The lowest BCUT2D eigenvalue weighted by Gasteiger charge is -2.23. The summed E-state index contributed by atoms with van der Waals surface area (Å²) in [7, 11) is 0. The van der Waals surface area contributed by atoms with Crippen LogP contribution in [0.25, 0.3) is 0 Å². The minimum atomic E-state index is -1.01. The molecule has 1 saturated heterocycles. The van der Waals surface area contributed by atoms with Crippen molar-refractivity contribution in [2.24, 2.45) is 0 Å². The van der Waals surface area contributed by atoms with Gasteiger partial charge < -0.3 is 24.8 Å². The van der Waals surface area contributed by atoms with Gasteiger partial charge in [0.25, 0.3) is 0 Å². The zero-order valence-corrected chi connectivity index (χ0v) is 17.9. The molecule has 1 heterocycles. The fourth-order valence-electron chi connectivity index (χ4n) is 3.65. The van der Waals surface area contributed by atoms with E-state index in [1.165, 1.54) is 64.2 Å². The number of hydrogen-bond donors (Lipinski definition) is 3. The third-order valence-electron chi connectivity index (χ3n) is 5.45. The zero-order chi connectivity index (χ0) is 20.5. The molecule has 0 aromatic carbocycles. The van der Waals surface area contributed by atoms with Crippen LogP contribution in [0.2, 0.25) is 0 Å². The van der Waals surface area contributed by atoms with Gasteiger partial charge in [0.05, 0.1) is 13.2 Å². The molecule has 1 rings (SSSR count). The van der Waals surface area contributed by atoms with Crippen molar-refractivity contribution in [2.75, 3.05) is 19.8 Å². The van der Waals surface area contributed by atoms with Crippen LogP contribution >= 0.6 is 0 Å². The molecule has 1 aliphatic rings. The zero-order valence-electron chi connectivity index (χ0n) is 17.9. The van der Waals surface area contributed by atoms with Crippen molar-refractivity contribution in [1.82, 2.24) is 0 Å². The minimum absolute atomic E-state index is 0.147. The Labute approximate surface area is 172 Å². The SMILES string of the molecule is CCCCCCCCCCC/C=C/CCCCO[C@@H]1[C@H]([C@@H](O)CO)OC[C@H]1O. The summed E-state index contributed by atoms with van der Waals surface area (Å²) in [6, 6.07) is 0. The van der Waals surface area contributed by atoms with Crippen molar-refractivity contribution < 1.29 is 24.8 Å². The third kappa shape index (κ3) is 11.5. The number of unbranched alkanes of at least 4 members (excludes halogenated alkanes) is 11. The molecule has 0 aliphatic carbocycles. The average Bonchev–Trinajstić information content (AvgIpc) is 3.07. The highest BCUT2D eigenvalue weighted by Crippen LogP contribution is 2.21. The molecule has 0 aromatic heterocycles. The fraction of sp³-hybridized carbons (Fsp3) is 0.913. The molecule has 5 heteroatoms. The maximum absolute atomic E-state index is 9.88. The Kier molecular flexibility index (Phi) is 15.9. The first kappa shape index (κ1) is 25.6. The summed E-state index contributed by atoms with van der Waals surface area (Å²) in [5.41, 5.74) is 0. The molecule has 28 heavy (non-hydrogen) atoms. The molecular formula is C23H44O5. The predicted octanol–water partition coefficient (Wildman–Crippen LogP) is 4.13. The van der Waals surface area contributed by atoms with Crippen LogP contribution in [0, 0.1) is 0 Å². The van der Waals surface area contributed by atoms with Gasteiger partial charge in [-0.2, -0.15) is 0 Å². The molecule has 166 valence electrons. The Morgan fingerprint density at radius 3 is 2.11 bits per heavy atom. The standard InChI is InChI=1S/C23H44O5/c1-2-3-4-5-6-7-8-9-10-11-12-13-14-15-16-17-27-23-21(26)19-28-22(23)20(25)18-24/h12-13,20-26H,2-11,14-19H2,1H3/b13-12+/t20-,21+,22-,23-/m0/s1. The van der Waals surface area contributed by atoms with Crippen molar-refractivity contribution in [2.45, 2.75) is 115 Å². The van der Waals surface area contributed by atoms with Crippen LogP contribution in [0.1, 0.15) is 90.4 Å². The summed E-state index contributed by atoms with van der Waals surface area (Å²) in [6.07, 6.45) is 18.2. The van der Waals surface area contributed by atoms with E-state index in [1.807, 2.05) is 0 Å². The number of aliphatic hydroxyl groups excluding tert-OH is 3. The Morgan fingerprint density at radius 1 is 0.929 bits per heavy atom. The van der Waals surface area contributed by atoms with Crippen LogP contribution in [0.15, 0.2) is 12.2 Å². The largest absolute Gasteiger partial charge is 0.394 e. The van der Waals surface area contributed by atoms with Crippen LogP contribution in [0.3, 0.4) is 0 Å². The van der Waals surface area contributed by atoms with Gasteiger partial charge in [0, 0.05) is 6.61 Å². The van der Waals surface area contributed by atoms with Crippen molar-refractivity contribution in [1.29, 1.82) is 0 Å². The second-order valence-corrected chi connectivity index (χ2v) is 8.03. The van der Waals surface area contributed by atoms with Crippen molar-refractivity contribution in [3.05, 3.63) is 12.2 Å². The van der Waals surface area contributed by atoms with Gasteiger partial charge in [0.1, 0.15) is 24.4 Å². The number of rotatable bonds is 18. The molecule has 0 radical (unpaired) electrons. The van der Waals surface area contributed by atoms with Crippen LogP contribution < -0.4 is 0 Å². The summed E-state index contributed by atoms with van der Waals surface area (Å²) >= 11 is 0. The number of ether oxygens (including phenoxy) is 2. The molecule has 4 atom stereocenters. The van der Waals surface area contributed by atoms with Crippen LogP contribution in [-0.4, -0.2) is 59.6 Å². The summed E-state index contributed by atoms with van der Waals surface area (Å²) in [6.45, 7) is 2.56. The van der Waals surface area contributed by atoms with Crippen LogP contribution in [-0.2, 0) is 9.47 Å². The average molecular weight is 401 g/mol. The Bertz CT molecular complexity index is 374. The maximum Gasteiger partial charge on any atom is 0.114 e. The van der Waals surface area contributed by atoms with Crippen molar-refractivity contribution in [3.63, 3.8) is 0 Å². The molecule has 0 spiro atoms. The van der Waals surface area contributed by atoms with Crippen molar-refractivity contribution in [3.8, 4) is 0 Å². The first-order chi connectivity index (χ1) is 13.7. The maximum atomic E-state index is 9.88. The molecule has 5 nitrogen and oxygen atoms in total. The highest BCUT2D eigenvalue weighted by Gasteiger charge is 2.40. The van der Waals surface area contributed by atoms with Gasteiger partial charge >= 0.3 is 0 Å². The third-order valence-corrected chi connectivity index (χ3v) is 5.45. The smallest absolute Gasteiger partial charge is 0.114 e.